The van der Waals surface area contributed by atoms with Crippen molar-refractivity contribution in [3.8, 4) is 5.75 Å². The Hall–Kier alpha value is -2.08. The molecule has 0 saturated carbocycles. The molecule has 0 aromatic heterocycles. The van der Waals surface area contributed by atoms with E-state index in [1.807, 2.05) is 44.2 Å². The fourth-order valence-electron chi connectivity index (χ4n) is 2.23. The van der Waals surface area contributed by atoms with Gasteiger partial charge < -0.3 is 19.3 Å². The van der Waals surface area contributed by atoms with E-state index in [0.29, 0.717) is 29.5 Å². The largest absolute Gasteiger partial charge is 0.463 e. The zero-order valence-electron chi connectivity index (χ0n) is 13.3. The van der Waals surface area contributed by atoms with Gasteiger partial charge in [0, 0.05) is 45.0 Å². The second kappa shape index (κ2) is 6.79. The lowest BCUT2D eigenvalue weighted by molar-refractivity contribution is -0.138. The van der Waals surface area contributed by atoms with Crippen molar-refractivity contribution < 1.29 is 14.3 Å². The number of carbonyl (C=O) groups excluding carboxylic acids is 1. The summed E-state index contributed by atoms with van der Waals surface area (Å²) < 4.78 is 10.9. The SMILES string of the molecule is CCOC(=O)C1=CN(C)c2cccc(OC(=S)N(C)C)c2C1. The third-order valence-corrected chi connectivity index (χ3v) is 3.75. The van der Waals surface area contributed by atoms with Crippen LogP contribution in [-0.2, 0) is 16.0 Å². The topological polar surface area (TPSA) is 42.0 Å². The fourth-order valence-corrected chi connectivity index (χ4v) is 2.32. The number of carbonyl (C=O) groups is 1. The lowest BCUT2D eigenvalue weighted by Crippen LogP contribution is -2.27. The predicted octanol–water partition coefficient (Wildman–Crippen LogP) is 2.35. The van der Waals surface area contributed by atoms with E-state index in [2.05, 4.69) is 0 Å². The number of rotatable bonds is 3. The van der Waals surface area contributed by atoms with Gasteiger partial charge in [-0.05, 0) is 31.3 Å². The Morgan fingerprint density at radius 3 is 2.77 bits per heavy atom. The molecule has 0 atom stereocenters. The zero-order chi connectivity index (χ0) is 16.3. The maximum Gasteiger partial charge on any atom is 0.335 e. The summed E-state index contributed by atoms with van der Waals surface area (Å²) in [5.74, 6) is 0.364. The molecule has 1 aliphatic heterocycles. The molecule has 0 fully saturated rings. The van der Waals surface area contributed by atoms with Crippen LogP contribution in [0, 0.1) is 0 Å². The predicted molar refractivity (Wildman–Crippen MR) is 90.2 cm³/mol. The van der Waals surface area contributed by atoms with Crippen molar-refractivity contribution in [3.05, 3.63) is 35.5 Å². The average molecular weight is 320 g/mol. The van der Waals surface area contributed by atoms with Gasteiger partial charge in [0.15, 0.2) is 0 Å². The van der Waals surface area contributed by atoms with E-state index in [0.717, 1.165) is 11.3 Å². The van der Waals surface area contributed by atoms with Crippen molar-refractivity contribution in [2.24, 2.45) is 0 Å². The second-order valence-corrected chi connectivity index (χ2v) is 5.53. The molecule has 1 heterocycles. The fraction of sp³-hybridized carbons (Fsp3) is 0.375. The Labute approximate surface area is 136 Å². The molecule has 0 radical (unpaired) electrons. The Balaban J connectivity index is 2.32. The van der Waals surface area contributed by atoms with Crippen LogP contribution < -0.4 is 9.64 Å². The molecule has 5 nitrogen and oxygen atoms in total. The Bertz CT molecular complexity index is 626. The van der Waals surface area contributed by atoms with Crippen molar-refractivity contribution in [2.75, 3.05) is 32.6 Å². The van der Waals surface area contributed by atoms with Gasteiger partial charge in [-0.25, -0.2) is 4.79 Å². The minimum atomic E-state index is -0.301. The molecular weight excluding hydrogens is 300 g/mol. The number of thiocarbonyl (C=S) groups is 1. The van der Waals surface area contributed by atoms with E-state index >= 15 is 0 Å². The van der Waals surface area contributed by atoms with E-state index < -0.39 is 0 Å². The number of nitrogens with zero attached hydrogens (tertiary/aromatic N) is 2. The molecule has 0 N–H and O–H groups in total. The number of fused-ring (bicyclic) bond motifs is 1. The van der Waals surface area contributed by atoms with Gasteiger partial charge in [0.2, 0.25) is 0 Å². The number of hydrogen-bond acceptors (Lipinski definition) is 5. The minimum absolute atomic E-state index is 0.301. The molecule has 0 amide bonds. The van der Waals surface area contributed by atoms with Gasteiger partial charge in [-0.2, -0.15) is 0 Å². The summed E-state index contributed by atoms with van der Waals surface area (Å²) in [5, 5.41) is 0.378. The quantitative estimate of drug-likeness (QED) is 0.629. The average Bonchev–Trinajstić information content (AvgIpc) is 2.48. The highest BCUT2D eigenvalue weighted by Crippen LogP contribution is 2.35. The summed E-state index contributed by atoms with van der Waals surface area (Å²) in [7, 11) is 5.55. The lowest BCUT2D eigenvalue weighted by atomic mass is 9.99. The third kappa shape index (κ3) is 3.39. The van der Waals surface area contributed by atoms with Gasteiger partial charge in [-0.3, -0.25) is 0 Å². The minimum Gasteiger partial charge on any atom is -0.463 e. The number of anilines is 1. The molecule has 22 heavy (non-hydrogen) atoms. The molecule has 0 bridgehead atoms. The first-order valence-electron chi connectivity index (χ1n) is 7.05. The normalized spacial score (nSPS) is 13.1. The monoisotopic (exact) mass is 320 g/mol. The summed E-state index contributed by atoms with van der Waals surface area (Å²) in [6, 6.07) is 5.75. The van der Waals surface area contributed by atoms with Crippen molar-refractivity contribution in [1.29, 1.82) is 0 Å². The highest BCUT2D eigenvalue weighted by molar-refractivity contribution is 7.80. The first kappa shape index (κ1) is 16.3. The molecule has 1 aromatic rings. The van der Waals surface area contributed by atoms with E-state index in [1.165, 1.54) is 0 Å². The van der Waals surface area contributed by atoms with Gasteiger partial charge >= 0.3 is 5.97 Å². The molecule has 1 aliphatic rings. The van der Waals surface area contributed by atoms with E-state index in [1.54, 1.807) is 18.0 Å². The van der Waals surface area contributed by atoms with Crippen LogP contribution in [-0.4, -0.2) is 43.8 Å². The highest BCUT2D eigenvalue weighted by Gasteiger charge is 2.24. The molecule has 0 spiro atoms. The highest BCUT2D eigenvalue weighted by atomic mass is 32.1. The molecule has 118 valence electrons. The smallest absolute Gasteiger partial charge is 0.335 e. The summed E-state index contributed by atoms with van der Waals surface area (Å²) in [6.45, 7) is 2.15. The zero-order valence-corrected chi connectivity index (χ0v) is 14.1. The molecule has 0 unspecified atom stereocenters. The summed E-state index contributed by atoms with van der Waals surface area (Å²) in [4.78, 5) is 15.6. The van der Waals surface area contributed by atoms with Crippen LogP contribution in [0.3, 0.4) is 0 Å². The molecule has 6 heteroatoms. The number of benzene rings is 1. The second-order valence-electron chi connectivity index (χ2n) is 5.18. The Morgan fingerprint density at radius 2 is 2.14 bits per heavy atom. The van der Waals surface area contributed by atoms with Crippen LogP contribution in [0.15, 0.2) is 30.0 Å². The summed E-state index contributed by atoms with van der Waals surface area (Å²) in [6.07, 6.45) is 2.26. The van der Waals surface area contributed by atoms with E-state index in [-0.39, 0.29) is 5.97 Å². The first-order valence-corrected chi connectivity index (χ1v) is 7.46. The molecule has 0 aliphatic carbocycles. The van der Waals surface area contributed by atoms with E-state index in [9.17, 15) is 4.79 Å². The molecule has 1 aromatic carbocycles. The van der Waals surface area contributed by atoms with Gasteiger partial charge in [-0.15, -0.1) is 0 Å². The van der Waals surface area contributed by atoms with Gasteiger partial charge in [0.05, 0.1) is 12.2 Å². The molecular formula is C16H20N2O3S. The van der Waals surface area contributed by atoms with Crippen LogP contribution >= 0.6 is 12.2 Å². The molecule has 2 rings (SSSR count). The third-order valence-electron chi connectivity index (χ3n) is 3.31. The molecule has 0 saturated heterocycles. The van der Waals surface area contributed by atoms with Crippen LogP contribution in [0.5, 0.6) is 5.75 Å². The van der Waals surface area contributed by atoms with Gasteiger partial charge in [0.1, 0.15) is 5.75 Å². The maximum absolute atomic E-state index is 12.0. The summed E-state index contributed by atoms with van der Waals surface area (Å²) in [5.41, 5.74) is 2.52. The van der Waals surface area contributed by atoms with Crippen molar-refractivity contribution in [2.45, 2.75) is 13.3 Å². The van der Waals surface area contributed by atoms with Crippen molar-refractivity contribution in [3.63, 3.8) is 0 Å². The van der Waals surface area contributed by atoms with Gasteiger partial charge in [-0.1, -0.05) is 6.07 Å². The van der Waals surface area contributed by atoms with Gasteiger partial charge in [0.25, 0.3) is 5.17 Å². The Morgan fingerprint density at radius 1 is 1.41 bits per heavy atom. The van der Waals surface area contributed by atoms with E-state index in [4.69, 9.17) is 21.7 Å². The van der Waals surface area contributed by atoms with Crippen LogP contribution in [0.1, 0.15) is 12.5 Å². The number of ether oxygens (including phenoxy) is 2. The van der Waals surface area contributed by atoms with Crippen molar-refractivity contribution in [1.82, 2.24) is 4.90 Å². The standard InChI is InChI=1S/C16H20N2O3S/c1-5-20-15(19)11-9-12-13(18(4)10-11)7-6-8-14(12)21-16(22)17(2)3/h6-8,10H,5,9H2,1-4H3. The first-order chi connectivity index (χ1) is 10.4. The van der Waals surface area contributed by atoms with Crippen LogP contribution in [0.2, 0.25) is 0 Å². The van der Waals surface area contributed by atoms with Crippen LogP contribution in [0.4, 0.5) is 5.69 Å². The number of hydrogen-bond donors (Lipinski definition) is 0. The number of esters is 1. The Kier molecular flexibility index (Phi) is 5.03. The van der Waals surface area contributed by atoms with Crippen molar-refractivity contribution >= 4 is 29.0 Å². The lowest BCUT2D eigenvalue weighted by Gasteiger charge is -2.27. The summed E-state index contributed by atoms with van der Waals surface area (Å²) >= 11 is 5.20. The maximum atomic E-state index is 12.0. The van der Waals surface area contributed by atoms with Crippen LogP contribution in [0.25, 0.3) is 0 Å².